The van der Waals surface area contributed by atoms with Gasteiger partial charge in [-0.25, -0.2) is 0 Å². The molecule has 0 radical (unpaired) electrons. The van der Waals surface area contributed by atoms with Crippen LogP contribution in [0.5, 0.6) is 0 Å². The van der Waals surface area contributed by atoms with Crippen molar-refractivity contribution in [2.24, 2.45) is 5.92 Å². The van der Waals surface area contributed by atoms with Crippen LogP contribution in [0.15, 0.2) is 24.3 Å². The molecule has 0 fully saturated rings. The lowest BCUT2D eigenvalue weighted by atomic mass is 10.0. The molecule has 0 saturated carbocycles. The monoisotopic (exact) mass is 191 g/mol. The Hall–Kier alpha value is -0.980. The SMILES string of the molecule is CC[C@@H](C)[C@H](C)Nc1ccccc1C. The summed E-state index contributed by atoms with van der Waals surface area (Å²) in [7, 11) is 0. The first-order valence-electron chi connectivity index (χ1n) is 5.47. The highest BCUT2D eigenvalue weighted by Gasteiger charge is 2.09. The standard InChI is InChI=1S/C13H21N/c1-5-10(2)12(4)14-13-9-7-6-8-11(13)3/h6-10,12,14H,5H2,1-4H3/t10-,12+/m1/s1. The van der Waals surface area contributed by atoms with Crippen molar-refractivity contribution in [3.8, 4) is 0 Å². The third-order valence-corrected chi connectivity index (χ3v) is 3.03. The molecule has 78 valence electrons. The van der Waals surface area contributed by atoms with Gasteiger partial charge in [-0.3, -0.25) is 0 Å². The van der Waals surface area contributed by atoms with E-state index in [1.165, 1.54) is 17.7 Å². The van der Waals surface area contributed by atoms with E-state index >= 15 is 0 Å². The molecule has 1 aromatic carbocycles. The van der Waals surface area contributed by atoms with E-state index in [0.29, 0.717) is 6.04 Å². The summed E-state index contributed by atoms with van der Waals surface area (Å²) in [5.74, 6) is 0.717. The van der Waals surface area contributed by atoms with Crippen LogP contribution in [0, 0.1) is 12.8 Å². The van der Waals surface area contributed by atoms with Gasteiger partial charge in [0.1, 0.15) is 0 Å². The Morgan fingerprint density at radius 3 is 2.43 bits per heavy atom. The highest BCUT2D eigenvalue weighted by atomic mass is 14.9. The molecule has 1 heteroatoms. The number of rotatable bonds is 4. The zero-order valence-corrected chi connectivity index (χ0v) is 9.67. The van der Waals surface area contributed by atoms with Crippen molar-refractivity contribution in [2.75, 3.05) is 5.32 Å². The van der Waals surface area contributed by atoms with Crippen LogP contribution in [0.4, 0.5) is 5.69 Å². The van der Waals surface area contributed by atoms with Crippen LogP contribution in [0.1, 0.15) is 32.8 Å². The van der Waals surface area contributed by atoms with Crippen molar-refractivity contribution in [1.29, 1.82) is 0 Å². The Morgan fingerprint density at radius 2 is 1.86 bits per heavy atom. The molecule has 0 aliphatic heterocycles. The summed E-state index contributed by atoms with van der Waals surface area (Å²) in [5, 5.41) is 3.56. The number of aryl methyl sites for hydroxylation is 1. The summed E-state index contributed by atoms with van der Waals surface area (Å²) in [6, 6.07) is 8.99. The lowest BCUT2D eigenvalue weighted by Crippen LogP contribution is -2.23. The van der Waals surface area contributed by atoms with Crippen molar-refractivity contribution in [3.05, 3.63) is 29.8 Å². The molecule has 0 heterocycles. The third-order valence-electron chi connectivity index (χ3n) is 3.03. The second-order valence-corrected chi connectivity index (χ2v) is 4.13. The Kier molecular flexibility index (Phi) is 3.99. The molecule has 1 rings (SSSR count). The number of nitrogens with one attached hydrogen (secondary N) is 1. The largest absolute Gasteiger partial charge is 0.382 e. The maximum absolute atomic E-state index is 3.56. The molecule has 1 aromatic rings. The first-order chi connectivity index (χ1) is 6.65. The van der Waals surface area contributed by atoms with E-state index in [4.69, 9.17) is 0 Å². The summed E-state index contributed by atoms with van der Waals surface area (Å²) in [6.07, 6.45) is 1.22. The predicted molar refractivity (Wildman–Crippen MR) is 63.7 cm³/mol. The molecule has 0 bridgehead atoms. The molecule has 2 atom stereocenters. The van der Waals surface area contributed by atoms with E-state index in [1.54, 1.807) is 0 Å². The van der Waals surface area contributed by atoms with E-state index in [9.17, 15) is 0 Å². The molecule has 0 spiro atoms. The lowest BCUT2D eigenvalue weighted by molar-refractivity contribution is 0.494. The molecule has 1 nitrogen and oxygen atoms in total. The molecule has 14 heavy (non-hydrogen) atoms. The van der Waals surface area contributed by atoms with E-state index in [-0.39, 0.29) is 0 Å². The molecule has 0 amide bonds. The zero-order chi connectivity index (χ0) is 10.6. The van der Waals surface area contributed by atoms with Gasteiger partial charge in [0, 0.05) is 11.7 Å². The highest BCUT2D eigenvalue weighted by molar-refractivity contribution is 5.50. The van der Waals surface area contributed by atoms with Crippen molar-refractivity contribution < 1.29 is 0 Å². The van der Waals surface area contributed by atoms with E-state index < -0.39 is 0 Å². The summed E-state index contributed by atoms with van der Waals surface area (Å²) in [5.41, 5.74) is 2.59. The highest BCUT2D eigenvalue weighted by Crippen LogP contribution is 2.18. The van der Waals surface area contributed by atoms with Gasteiger partial charge in [-0.05, 0) is 31.4 Å². The summed E-state index contributed by atoms with van der Waals surface area (Å²) in [6.45, 7) is 8.92. The summed E-state index contributed by atoms with van der Waals surface area (Å²) < 4.78 is 0. The summed E-state index contributed by atoms with van der Waals surface area (Å²) in [4.78, 5) is 0. The van der Waals surface area contributed by atoms with Crippen molar-refractivity contribution in [3.63, 3.8) is 0 Å². The molecular formula is C13H21N. The van der Waals surface area contributed by atoms with Gasteiger partial charge in [0.2, 0.25) is 0 Å². The number of para-hydroxylation sites is 1. The van der Waals surface area contributed by atoms with Gasteiger partial charge in [0.05, 0.1) is 0 Å². The van der Waals surface area contributed by atoms with Gasteiger partial charge in [0.25, 0.3) is 0 Å². The second kappa shape index (κ2) is 5.04. The average Bonchev–Trinajstić information content (AvgIpc) is 2.20. The molecule has 0 aromatic heterocycles. The number of benzene rings is 1. The third kappa shape index (κ3) is 2.76. The fourth-order valence-corrected chi connectivity index (χ4v) is 1.48. The predicted octanol–water partition coefficient (Wildman–Crippen LogP) is 3.84. The minimum absolute atomic E-state index is 0.543. The fraction of sp³-hybridized carbons (Fsp3) is 0.538. The minimum atomic E-state index is 0.543. The van der Waals surface area contributed by atoms with Crippen molar-refractivity contribution >= 4 is 5.69 Å². The quantitative estimate of drug-likeness (QED) is 0.762. The zero-order valence-electron chi connectivity index (χ0n) is 9.67. The molecule has 0 unspecified atom stereocenters. The maximum atomic E-state index is 3.56. The lowest BCUT2D eigenvalue weighted by Gasteiger charge is -2.22. The van der Waals surface area contributed by atoms with Crippen molar-refractivity contribution in [1.82, 2.24) is 0 Å². The molecule has 0 aliphatic rings. The smallest absolute Gasteiger partial charge is 0.0372 e. The fourth-order valence-electron chi connectivity index (χ4n) is 1.48. The normalized spacial score (nSPS) is 14.9. The Balaban J connectivity index is 2.64. The van der Waals surface area contributed by atoms with Crippen LogP contribution >= 0.6 is 0 Å². The summed E-state index contributed by atoms with van der Waals surface area (Å²) >= 11 is 0. The van der Waals surface area contributed by atoms with Crippen molar-refractivity contribution in [2.45, 2.75) is 40.2 Å². The Bertz CT molecular complexity index is 280. The molecule has 0 aliphatic carbocycles. The first kappa shape index (κ1) is 11.1. The van der Waals surface area contributed by atoms with Crippen LogP contribution in [-0.4, -0.2) is 6.04 Å². The van der Waals surface area contributed by atoms with Gasteiger partial charge in [-0.2, -0.15) is 0 Å². The van der Waals surface area contributed by atoms with Gasteiger partial charge in [0.15, 0.2) is 0 Å². The maximum Gasteiger partial charge on any atom is 0.0372 e. The van der Waals surface area contributed by atoms with Crippen LogP contribution in [-0.2, 0) is 0 Å². The van der Waals surface area contributed by atoms with Gasteiger partial charge < -0.3 is 5.32 Å². The van der Waals surface area contributed by atoms with Crippen LogP contribution in [0.25, 0.3) is 0 Å². The van der Waals surface area contributed by atoms with Crippen LogP contribution < -0.4 is 5.32 Å². The second-order valence-electron chi connectivity index (χ2n) is 4.13. The minimum Gasteiger partial charge on any atom is -0.382 e. The topological polar surface area (TPSA) is 12.0 Å². The van der Waals surface area contributed by atoms with Gasteiger partial charge in [-0.1, -0.05) is 38.5 Å². The van der Waals surface area contributed by atoms with E-state index in [0.717, 1.165) is 5.92 Å². The molecule has 1 N–H and O–H groups in total. The van der Waals surface area contributed by atoms with Crippen LogP contribution in [0.2, 0.25) is 0 Å². The number of anilines is 1. The Labute approximate surface area is 87.5 Å². The van der Waals surface area contributed by atoms with E-state index in [1.807, 2.05) is 0 Å². The number of hydrogen-bond donors (Lipinski definition) is 1. The molecule has 0 saturated heterocycles. The van der Waals surface area contributed by atoms with Crippen LogP contribution in [0.3, 0.4) is 0 Å². The van der Waals surface area contributed by atoms with E-state index in [2.05, 4.69) is 57.3 Å². The average molecular weight is 191 g/mol. The Morgan fingerprint density at radius 1 is 1.21 bits per heavy atom. The van der Waals surface area contributed by atoms with Gasteiger partial charge >= 0.3 is 0 Å². The first-order valence-corrected chi connectivity index (χ1v) is 5.47. The van der Waals surface area contributed by atoms with Gasteiger partial charge in [-0.15, -0.1) is 0 Å². The number of hydrogen-bond acceptors (Lipinski definition) is 1. The molecular weight excluding hydrogens is 170 g/mol.